The lowest BCUT2D eigenvalue weighted by Gasteiger charge is -2.14. The monoisotopic (exact) mass is 328 g/mol. The fraction of sp³-hybridized carbons (Fsp3) is 0.174. The average Bonchev–Trinajstić information content (AvgIpc) is 2.66. The summed E-state index contributed by atoms with van der Waals surface area (Å²) in [6.07, 6.45) is 4.04. The predicted molar refractivity (Wildman–Crippen MR) is 104 cm³/mol. The first-order valence-corrected chi connectivity index (χ1v) is 8.72. The number of hydrogen-bond acceptors (Lipinski definition) is 2. The Morgan fingerprint density at radius 1 is 0.920 bits per heavy atom. The molecule has 0 amide bonds. The Kier molecular flexibility index (Phi) is 4.10. The molecule has 0 fully saturated rings. The molecule has 0 aromatic heterocycles. The van der Waals surface area contributed by atoms with Crippen LogP contribution in [-0.2, 0) is 16.0 Å². The minimum atomic E-state index is -0.345. The Bertz CT molecular complexity index is 1060. The molecule has 0 aliphatic carbocycles. The first-order valence-electron chi connectivity index (χ1n) is 8.72. The van der Waals surface area contributed by atoms with Crippen LogP contribution in [0.4, 0.5) is 0 Å². The summed E-state index contributed by atoms with van der Waals surface area (Å²) in [5.41, 5.74) is 1.37. The van der Waals surface area contributed by atoms with E-state index in [-0.39, 0.29) is 5.97 Å². The lowest BCUT2D eigenvalue weighted by atomic mass is 9.90. The Labute approximate surface area is 147 Å². The number of esters is 1. The third-order valence-electron chi connectivity index (χ3n) is 4.85. The second kappa shape index (κ2) is 6.56. The number of carbonyl (C=O) groups excluding carboxylic acids is 1. The van der Waals surface area contributed by atoms with Crippen LogP contribution in [0.15, 0.2) is 67.3 Å². The number of benzene rings is 4. The first kappa shape index (κ1) is 15.6. The molecule has 0 bridgehead atoms. The highest BCUT2D eigenvalue weighted by atomic mass is 16.5. The zero-order valence-corrected chi connectivity index (χ0v) is 14.1. The summed E-state index contributed by atoms with van der Waals surface area (Å²) in [6.45, 7) is 3.86. The zero-order valence-electron chi connectivity index (χ0n) is 14.1. The Morgan fingerprint density at radius 2 is 1.64 bits per heavy atom. The van der Waals surface area contributed by atoms with Crippen LogP contribution in [0.2, 0.25) is 0 Å². The summed E-state index contributed by atoms with van der Waals surface area (Å²) in [5, 5.41) is 7.96. The second-order valence-electron chi connectivity index (χ2n) is 6.41. The molecule has 0 aliphatic rings. The Hall–Kier alpha value is -2.87. The minimum Gasteiger partial charge on any atom is -0.463 e. The highest BCUT2D eigenvalue weighted by Crippen LogP contribution is 2.36. The molecule has 4 aromatic carbocycles. The van der Waals surface area contributed by atoms with Gasteiger partial charge < -0.3 is 4.74 Å². The second-order valence-corrected chi connectivity index (χ2v) is 6.41. The molecular formula is C23H20O2. The van der Waals surface area contributed by atoms with Crippen LogP contribution in [0.25, 0.3) is 32.3 Å². The molecule has 0 radical (unpaired) electrons. The van der Waals surface area contributed by atoms with E-state index in [0.29, 0.717) is 6.61 Å². The van der Waals surface area contributed by atoms with Crippen molar-refractivity contribution in [2.75, 3.05) is 6.61 Å². The van der Waals surface area contributed by atoms with Gasteiger partial charge in [0.1, 0.15) is 0 Å². The highest BCUT2D eigenvalue weighted by Gasteiger charge is 2.11. The van der Waals surface area contributed by atoms with Crippen molar-refractivity contribution in [3.63, 3.8) is 0 Å². The molecule has 0 aliphatic heterocycles. The van der Waals surface area contributed by atoms with Crippen LogP contribution in [0.1, 0.15) is 18.4 Å². The molecule has 2 nitrogen and oxygen atoms in total. The summed E-state index contributed by atoms with van der Waals surface area (Å²) in [4.78, 5) is 11.1. The molecule has 0 spiro atoms. The van der Waals surface area contributed by atoms with Gasteiger partial charge >= 0.3 is 5.97 Å². The van der Waals surface area contributed by atoms with Gasteiger partial charge in [-0.05, 0) is 57.1 Å². The number of carbonyl (C=O) groups is 1. The molecule has 2 heteroatoms. The highest BCUT2D eigenvalue weighted by molar-refractivity contribution is 6.23. The van der Waals surface area contributed by atoms with E-state index >= 15 is 0 Å². The largest absolute Gasteiger partial charge is 0.463 e. The average molecular weight is 328 g/mol. The smallest absolute Gasteiger partial charge is 0.330 e. The van der Waals surface area contributed by atoms with Gasteiger partial charge in [-0.15, -0.1) is 0 Å². The Morgan fingerprint density at radius 3 is 2.44 bits per heavy atom. The topological polar surface area (TPSA) is 26.3 Å². The zero-order chi connectivity index (χ0) is 17.2. The lowest BCUT2D eigenvalue weighted by molar-refractivity contribution is -0.137. The van der Waals surface area contributed by atoms with Gasteiger partial charge in [0, 0.05) is 6.08 Å². The molecule has 124 valence electrons. The van der Waals surface area contributed by atoms with Gasteiger partial charge in [0.2, 0.25) is 0 Å². The van der Waals surface area contributed by atoms with E-state index in [0.717, 1.165) is 19.3 Å². The maximum absolute atomic E-state index is 11.1. The van der Waals surface area contributed by atoms with Gasteiger partial charge in [-0.25, -0.2) is 4.79 Å². The number of unbranched alkanes of at least 4 members (excludes halogenated alkanes) is 1. The number of hydrogen-bond donors (Lipinski definition) is 0. The fourth-order valence-corrected chi connectivity index (χ4v) is 3.69. The van der Waals surface area contributed by atoms with E-state index in [4.69, 9.17) is 4.74 Å². The lowest BCUT2D eigenvalue weighted by Crippen LogP contribution is -2.02. The molecule has 25 heavy (non-hydrogen) atoms. The van der Waals surface area contributed by atoms with Gasteiger partial charge in [0.05, 0.1) is 6.61 Å². The molecule has 0 saturated heterocycles. The summed E-state index contributed by atoms with van der Waals surface area (Å²) >= 11 is 0. The molecule has 0 saturated carbocycles. The van der Waals surface area contributed by atoms with Crippen LogP contribution in [-0.4, -0.2) is 12.6 Å². The van der Waals surface area contributed by atoms with Gasteiger partial charge in [-0.3, -0.25) is 0 Å². The van der Waals surface area contributed by atoms with Crippen molar-refractivity contribution in [3.05, 3.63) is 72.8 Å². The summed E-state index contributed by atoms with van der Waals surface area (Å²) in [6, 6.07) is 19.8. The van der Waals surface area contributed by atoms with Crippen molar-refractivity contribution in [2.45, 2.75) is 19.3 Å². The van der Waals surface area contributed by atoms with Crippen molar-refractivity contribution >= 4 is 38.3 Å². The molecular weight excluding hydrogens is 308 g/mol. The van der Waals surface area contributed by atoms with Gasteiger partial charge in [-0.2, -0.15) is 0 Å². The van der Waals surface area contributed by atoms with Crippen molar-refractivity contribution < 1.29 is 9.53 Å². The van der Waals surface area contributed by atoms with Crippen LogP contribution < -0.4 is 0 Å². The molecule has 0 heterocycles. The molecule has 4 rings (SSSR count). The molecule has 4 aromatic rings. The van der Waals surface area contributed by atoms with E-state index in [2.05, 4.69) is 61.2 Å². The molecule has 0 atom stereocenters. The van der Waals surface area contributed by atoms with Crippen molar-refractivity contribution in [3.8, 4) is 0 Å². The molecule has 0 N–H and O–H groups in total. The van der Waals surface area contributed by atoms with Crippen molar-refractivity contribution in [2.24, 2.45) is 0 Å². The normalized spacial score (nSPS) is 11.4. The first-order chi connectivity index (χ1) is 12.3. The van der Waals surface area contributed by atoms with Crippen LogP contribution in [0.5, 0.6) is 0 Å². The van der Waals surface area contributed by atoms with Crippen LogP contribution >= 0.6 is 0 Å². The third-order valence-corrected chi connectivity index (χ3v) is 4.85. The van der Waals surface area contributed by atoms with E-state index in [9.17, 15) is 4.79 Å². The number of aryl methyl sites for hydroxylation is 1. The van der Waals surface area contributed by atoms with Crippen LogP contribution in [0, 0.1) is 0 Å². The predicted octanol–water partition coefficient (Wildman–Crippen LogP) is 5.64. The van der Waals surface area contributed by atoms with Gasteiger partial charge in [-0.1, -0.05) is 61.2 Å². The standard InChI is InChI=1S/C23H20O2/c1-2-21(24)25-14-4-3-7-18-15-19-10-5-8-16-12-13-17-9-6-11-20(18)23(17)22(16)19/h2,5-6,8-13,15H,1,3-4,7,14H2. The van der Waals surface area contributed by atoms with E-state index in [1.165, 1.54) is 44.0 Å². The number of rotatable bonds is 6. The summed E-state index contributed by atoms with van der Waals surface area (Å²) in [5.74, 6) is -0.345. The van der Waals surface area contributed by atoms with E-state index < -0.39 is 0 Å². The maximum Gasteiger partial charge on any atom is 0.330 e. The minimum absolute atomic E-state index is 0.345. The molecule has 0 unspecified atom stereocenters. The summed E-state index contributed by atoms with van der Waals surface area (Å²) in [7, 11) is 0. The third kappa shape index (κ3) is 2.85. The van der Waals surface area contributed by atoms with Crippen molar-refractivity contribution in [1.82, 2.24) is 0 Å². The fourth-order valence-electron chi connectivity index (χ4n) is 3.69. The quantitative estimate of drug-likeness (QED) is 0.198. The van der Waals surface area contributed by atoms with Gasteiger partial charge in [0.15, 0.2) is 0 Å². The van der Waals surface area contributed by atoms with E-state index in [1.807, 2.05) is 0 Å². The SMILES string of the molecule is C=CC(=O)OCCCCc1cc2cccc3ccc4cccc1c4c32. The maximum atomic E-state index is 11.1. The van der Waals surface area contributed by atoms with Gasteiger partial charge in [0.25, 0.3) is 0 Å². The van der Waals surface area contributed by atoms with E-state index in [1.54, 1.807) is 0 Å². The van der Waals surface area contributed by atoms with Crippen LogP contribution in [0.3, 0.4) is 0 Å². The number of ether oxygens (including phenoxy) is 1. The summed E-state index contributed by atoms with van der Waals surface area (Å²) < 4.78 is 5.06. The van der Waals surface area contributed by atoms with Crippen molar-refractivity contribution in [1.29, 1.82) is 0 Å². The Balaban J connectivity index is 1.67.